The van der Waals surface area contributed by atoms with E-state index in [-0.39, 0.29) is 30.3 Å². The minimum absolute atomic E-state index is 0. The van der Waals surface area contributed by atoms with Crippen LogP contribution in [0.2, 0.25) is 0 Å². The van der Waals surface area contributed by atoms with E-state index in [1.54, 1.807) is 29.2 Å². The average molecular weight is 388 g/mol. The first-order valence-corrected chi connectivity index (χ1v) is 8.84. The minimum Gasteiger partial charge on any atom is -0.378 e. The Morgan fingerprint density at radius 2 is 2.00 bits per heavy atom. The van der Waals surface area contributed by atoms with Gasteiger partial charge >= 0.3 is 0 Å². The summed E-state index contributed by atoms with van der Waals surface area (Å²) < 4.78 is 5.32. The first-order chi connectivity index (χ1) is 12.7. The normalized spacial score (nSPS) is 18.4. The molecular formula is C20H22ClN3O3. The van der Waals surface area contributed by atoms with E-state index in [0.717, 1.165) is 12.1 Å². The molecule has 142 valence electrons. The molecule has 0 saturated carbocycles. The Hall–Kier alpha value is -2.41. The fraction of sp³-hybridized carbons (Fsp3) is 0.300. The predicted octanol–water partition coefficient (Wildman–Crippen LogP) is 2.24. The van der Waals surface area contributed by atoms with Crippen molar-refractivity contribution in [3.8, 4) is 0 Å². The van der Waals surface area contributed by atoms with Crippen LogP contribution in [0.25, 0.3) is 0 Å². The number of nitrogens with one attached hydrogen (secondary N) is 2. The van der Waals surface area contributed by atoms with Crippen LogP contribution < -0.4 is 15.5 Å². The van der Waals surface area contributed by atoms with Crippen molar-refractivity contribution in [1.29, 1.82) is 0 Å². The van der Waals surface area contributed by atoms with Crippen molar-refractivity contribution < 1.29 is 14.3 Å². The largest absolute Gasteiger partial charge is 0.378 e. The topological polar surface area (TPSA) is 70.7 Å². The van der Waals surface area contributed by atoms with Gasteiger partial charge in [-0.2, -0.15) is 0 Å². The molecule has 0 spiro atoms. The van der Waals surface area contributed by atoms with Crippen LogP contribution in [0.5, 0.6) is 0 Å². The fourth-order valence-corrected chi connectivity index (χ4v) is 3.40. The van der Waals surface area contributed by atoms with Gasteiger partial charge in [0.25, 0.3) is 5.91 Å². The van der Waals surface area contributed by atoms with Crippen molar-refractivity contribution in [2.75, 3.05) is 36.5 Å². The SMILES string of the molecule is Cl.O=C(Nc1cccc(C(=O)N2CCc3ccccc32)c1)C1COCCN1. The molecule has 7 heteroatoms. The number of amides is 2. The highest BCUT2D eigenvalue weighted by atomic mass is 35.5. The van der Waals surface area contributed by atoms with E-state index in [2.05, 4.69) is 16.7 Å². The van der Waals surface area contributed by atoms with Crippen molar-refractivity contribution in [3.63, 3.8) is 0 Å². The Kier molecular flexibility index (Phi) is 6.11. The number of hydrogen-bond acceptors (Lipinski definition) is 4. The molecule has 6 nitrogen and oxygen atoms in total. The van der Waals surface area contributed by atoms with Gasteiger partial charge in [0.1, 0.15) is 6.04 Å². The quantitative estimate of drug-likeness (QED) is 0.847. The lowest BCUT2D eigenvalue weighted by molar-refractivity contribution is -0.120. The molecule has 1 saturated heterocycles. The van der Waals surface area contributed by atoms with E-state index in [4.69, 9.17) is 4.74 Å². The van der Waals surface area contributed by atoms with E-state index in [1.165, 1.54) is 5.56 Å². The monoisotopic (exact) mass is 387 g/mol. The summed E-state index contributed by atoms with van der Waals surface area (Å²) in [6, 6.07) is 14.7. The standard InChI is InChI=1S/C20H21N3O3.ClH/c24-19(17-13-26-11-9-21-17)22-16-6-3-5-15(12-16)20(25)23-10-8-14-4-1-2-7-18(14)23;/h1-7,12,17,21H,8-11,13H2,(H,22,24);1H. The molecule has 1 unspecified atom stereocenters. The summed E-state index contributed by atoms with van der Waals surface area (Å²) in [6.45, 7) is 2.31. The molecule has 0 aromatic heterocycles. The number of anilines is 2. The second-order valence-corrected chi connectivity index (χ2v) is 6.49. The maximum absolute atomic E-state index is 12.9. The van der Waals surface area contributed by atoms with Crippen LogP contribution in [0.1, 0.15) is 15.9 Å². The first-order valence-electron chi connectivity index (χ1n) is 8.84. The summed E-state index contributed by atoms with van der Waals surface area (Å²) >= 11 is 0. The minimum atomic E-state index is -0.367. The smallest absolute Gasteiger partial charge is 0.258 e. The van der Waals surface area contributed by atoms with Crippen molar-refractivity contribution >= 4 is 35.6 Å². The van der Waals surface area contributed by atoms with Crippen LogP contribution in [0, 0.1) is 0 Å². The third-order valence-corrected chi connectivity index (χ3v) is 4.75. The Morgan fingerprint density at radius 3 is 2.81 bits per heavy atom. The zero-order valence-electron chi connectivity index (χ0n) is 14.8. The van der Waals surface area contributed by atoms with Crippen LogP contribution in [-0.2, 0) is 16.0 Å². The number of halogens is 1. The molecule has 2 aliphatic heterocycles. The maximum Gasteiger partial charge on any atom is 0.258 e. The van der Waals surface area contributed by atoms with Gasteiger partial charge in [0.2, 0.25) is 5.91 Å². The lowest BCUT2D eigenvalue weighted by atomic mass is 10.1. The Labute approximate surface area is 164 Å². The second kappa shape index (κ2) is 8.52. The van der Waals surface area contributed by atoms with Crippen molar-refractivity contribution in [3.05, 3.63) is 59.7 Å². The van der Waals surface area contributed by atoms with Gasteiger partial charge in [-0.25, -0.2) is 0 Å². The van der Waals surface area contributed by atoms with Gasteiger partial charge < -0.3 is 20.3 Å². The lowest BCUT2D eigenvalue weighted by Gasteiger charge is -2.23. The number of fused-ring (bicyclic) bond motifs is 1. The number of carbonyl (C=O) groups excluding carboxylic acids is 2. The van der Waals surface area contributed by atoms with Crippen LogP contribution in [0.15, 0.2) is 48.5 Å². The highest BCUT2D eigenvalue weighted by Crippen LogP contribution is 2.29. The summed E-state index contributed by atoms with van der Waals surface area (Å²) in [7, 11) is 0. The molecule has 2 aromatic carbocycles. The molecule has 2 amide bonds. The van der Waals surface area contributed by atoms with E-state index in [1.807, 2.05) is 18.2 Å². The van der Waals surface area contributed by atoms with E-state index in [9.17, 15) is 9.59 Å². The summed E-state index contributed by atoms with van der Waals surface area (Å²) in [5.41, 5.74) is 3.33. The molecule has 2 aliphatic rings. The average Bonchev–Trinajstić information content (AvgIpc) is 3.12. The van der Waals surface area contributed by atoms with Gasteiger partial charge in [-0.05, 0) is 36.2 Å². The molecule has 4 rings (SSSR count). The number of rotatable bonds is 3. The molecule has 1 fully saturated rings. The van der Waals surface area contributed by atoms with E-state index < -0.39 is 0 Å². The van der Waals surface area contributed by atoms with Gasteiger partial charge in [-0.1, -0.05) is 24.3 Å². The number of morpholine rings is 1. The Bertz CT molecular complexity index is 837. The van der Waals surface area contributed by atoms with Crippen LogP contribution in [-0.4, -0.2) is 44.2 Å². The van der Waals surface area contributed by atoms with Crippen LogP contribution in [0.4, 0.5) is 11.4 Å². The number of ether oxygens (including phenoxy) is 1. The zero-order valence-corrected chi connectivity index (χ0v) is 15.6. The molecule has 0 radical (unpaired) electrons. The summed E-state index contributed by atoms with van der Waals surface area (Å²) in [5, 5.41) is 5.98. The molecule has 0 bridgehead atoms. The number of nitrogens with zero attached hydrogens (tertiary/aromatic N) is 1. The summed E-state index contributed by atoms with van der Waals surface area (Å²) in [4.78, 5) is 27.0. The highest BCUT2D eigenvalue weighted by Gasteiger charge is 2.26. The number of hydrogen-bond donors (Lipinski definition) is 2. The van der Waals surface area contributed by atoms with E-state index >= 15 is 0 Å². The van der Waals surface area contributed by atoms with Crippen molar-refractivity contribution in [2.45, 2.75) is 12.5 Å². The fourth-order valence-electron chi connectivity index (χ4n) is 3.40. The third-order valence-electron chi connectivity index (χ3n) is 4.75. The van der Waals surface area contributed by atoms with Crippen LogP contribution in [0.3, 0.4) is 0 Å². The van der Waals surface area contributed by atoms with Crippen LogP contribution >= 0.6 is 12.4 Å². The predicted molar refractivity (Wildman–Crippen MR) is 107 cm³/mol. The van der Waals surface area contributed by atoms with Gasteiger partial charge in [0.05, 0.1) is 13.2 Å². The molecule has 0 aliphatic carbocycles. The molecular weight excluding hydrogens is 366 g/mol. The summed E-state index contributed by atoms with van der Waals surface area (Å²) in [5.74, 6) is -0.203. The lowest BCUT2D eigenvalue weighted by Crippen LogP contribution is -2.48. The molecule has 2 heterocycles. The first kappa shape index (κ1) is 19.4. The number of benzene rings is 2. The highest BCUT2D eigenvalue weighted by molar-refractivity contribution is 6.08. The Morgan fingerprint density at radius 1 is 1.15 bits per heavy atom. The molecule has 1 atom stereocenters. The van der Waals surface area contributed by atoms with Gasteiger partial charge in [0, 0.05) is 30.0 Å². The number of carbonyl (C=O) groups is 2. The summed E-state index contributed by atoms with van der Waals surface area (Å²) in [6.07, 6.45) is 0.867. The van der Waals surface area contributed by atoms with E-state index in [0.29, 0.717) is 37.6 Å². The van der Waals surface area contributed by atoms with Crippen molar-refractivity contribution in [2.24, 2.45) is 0 Å². The van der Waals surface area contributed by atoms with Gasteiger partial charge in [0.15, 0.2) is 0 Å². The third kappa shape index (κ3) is 4.13. The Balaban J connectivity index is 0.00000210. The zero-order chi connectivity index (χ0) is 17.9. The second-order valence-electron chi connectivity index (χ2n) is 6.49. The van der Waals surface area contributed by atoms with Gasteiger partial charge in [-0.15, -0.1) is 12.4 Å². The number of para-hydroxylation sites is 1. The van der Waals surface area contributed by atoms with Crippen molar-refractivity contribution in [1.82, 2.24) is 5.32 Å². The molecule has 27 heavy (non-hydrogen) atoms. The maximum atomic E-state index is 12.9. The molecule has 2 N–H and O–H groups in total. The van der Waals surface area contributed by atoms with Gasteiger partial charge in [-0.3, -0.25) is 9.59 Å². The molecule has 2 aromatic rings.